The zero-order chi connectivity index (χ0) is 11.4. The molecule has 0 unspecified atom stereocenters. The van der Waals surface area contributed by atoms with Crippen molar-refractivity contribution in [2.45, 2.75) is 19.9 Å². The van der Waals surface area contributed by atoms with E-state index in [1.165, 1.54) is 5.56 Å². The molecule has 0 N–H and O–H groups in total. The molecule has 1 heterocycles. The second-order valence-corrected chi connectivity index (χ2v) is 3.76. The van der Waals surface area contributed by atoms with Crippen molar-refractivity contribution in [2.75, 3.05) is 6.61 Å². The van der Waals surface area contributed by atoms with Crippen LogP contribution in [0.2, 0.25) is 0 Å². The first-order chi connectivity index (χ1) is 7.81. The fraction of sp³-hybridized carbons (Fsp3) is 0.308. The molecule has 2 rings (SSSR count). The molecule has 0 atom stereocenters. The van der Waals surface area contributed by atoms with Gasteiger partial charge in [-0.1, -0.05) is 31.2 Å². The van der Waals surface area contributed by atoms with Crippen molar-refractivity contribution >= 4 is 12.2 Å². The molecule has 1 amide bonds. The molecule has 3 heteroatoms. The predicted octanol–water partition coefficient (Wildman–Crippen LogP) is 3.02. The lowest BCUT2D eigenvalue weighted by Crippen LogP contribution is -2.28. The topological polar surface area (TPSA) is 29.5 Å². The normalized spacial score (nSPS) is 13.4. The highest BCUT2D eigenvalue weighted by molar-refractivity contribution is 5.72. The zero-order valence-electron chi connectivity index (χ0n) is 9.35. The summed E-state index contributed by atoms with van der Waals surface area (Å²) in [6.07, 6.45) is 4.29. The highest BCUT2D eigenvalue weighted by Gasteiger charge is 2.16. The Morgan fingerprint density at radius 1 is 1.44 bits per heavy atom. The van der Waals surface area contributed by atoms with Gasteiger partial charge in [-0.3, -0.25) is 4.90 Å². The second-order valence-electron chi connectivity index (χ2n) is 3.76. The highest BCUT2D eigenvalue weighted by atomic mass is 16.6. The molecule has 1 aliphatic rings. The van der Waals surface area contributed by atoms with E-state index in [0.717, 1.165) is 12.0 Å². The number of carbonyl (C=O) groups excluding carboxylic acids is 1. The summed E-state index contributed by atoms with van der Waals surface area (Å²) in [5.41, 5.74) is 2.32. The van der Waals surface area contributed by atoms with E-state index >= 15 is 0 Å². The van der Waals surface area contributed by atoms with Crippen LogP contribution in [-0.4, -0.2) is 17.6 Å². The van der Waals surface area contributed by atoms with Gasteiger partial charge in [-0.25, -0.2) is 4.79 Å². The van der Waals surface area contributed by atoms with Crippen LogP contribution in [0.3, 0.4) is 0 Å². The summed E-state index contributed by atoms with van der Waals surface area (Å²) >= 11 is 0. The number of fused-ring (bicyclic) bond motifs is 1. The van der Waals surface area contributed by atoms with Crippen LogP contribution >= 0.6 is 0 Å². The minimum atomic E-state index is -0.271. The summed E-state index contributed by atoms with van der Waals surface area (Å²) in [7, 11) is 0. The Kier molecular flexibility index (Phi) is 3.25. The Morgan fingerprint density at radius 2 is 2.25 bits per heavy atom. The first-order valence-corrected chi connectivity index (χ1v) is 5.50. The van der Waals surface area contributed by atoms with E-state index in [1.807, 2.05) is 37.3 Å². The number of ether oxygens (including phenoxy) is 1. The van der Waals surface area contributed by atoms with Crippen molar-refractivity contribution in [1.82, 2.24) is 4.90 Å². The Balaban J connectivity index is 2.05. The minimum absolute atomic E-state index is 0.271. The molecule has 1 aromatic rings. The van der Waals surface area contributed by atoms with Crippen molar-refractivity contribution in [1.29, 1.82) is 0 Å². The van der Waals surface area contributed by atoms with Crippen LogP contribution < -0.4 is 0 Å². The predicted molar refractivity (Wildman–Crippen MR) is 62.7 cm³/mol. The van der Waals surface area contributed by atoms with Gasteiger partial charge in [-0.2, -0.15) is 0 Å². The van der Waals surface area contributed by atoms with E-state index in [0.29, 0.717) is 13.2 Å². The molecule has 0 aliphatic carbocycles. The fourth-order valence-corrected chi connectivity index (χ4v) is 1.64. The summed E-state index contributed by atoms with van der Waals surface area (Å²) in [4.78, 5) is 13.2. The van der Waals surface area contributed by atoms with Crippen LogP contribution in [0.4, 0.5) is 4.79 Å². The largest absolute Gasteiger partial charge is 0.449 e. The highest BCUT2D eigenvalue weighted by Crippen LogP contribution is 2.19. The molecule has 1 aromatic carbocycles. The van der Waals surface area contributed by atoms with Gasteiger partial charge < -0.3 is 4.74 Å². The summed E-state index contributed by atoms with van der Waals surface area (Å²) in [6, 6.07) is 8.04. The number of rotatable bonds is 2. The summed E-state index contributed by atoms with van der Waals surface area (Å²) < 4.78 is 5.08. The smallest absolute Gasteiger partial charge is 0.414 e. The lowest BCUT2D eigenvalue weighted by Gasteiger charge is -2.22. The Labute approximate surface area is 95.3 Å². The van der Waals surface area contributed by atoms with E-state index < -0.39 is 0 Å². The van der Waals surface area contributed by atoms with Crippen molar-refractivity contribution in [3.8, 4) is 0 Å². The number of amides is 1. The van der Waals surface area contributed by atoms with E-state index in [9.17, 15) is 4.79 Å². The summed E-state index contributed by atoms with van der Waals surface area (Å²) in [5.74, 6) is 0. The quantitative estimate of drug-likeness (QED) is 0.762. The lowest BCUT2D eigenvalue weighted by atomic mass is 10.1. The van der Waals surface area contributed by atoms with Gasteiger partial charge in [-0.15, -0.1) is 0 Å². The summed E-state index contributed by atoms with van der Waals surface area (Å²) in [5, 5.41) is 0. The Morgan fingerprint density at radius 3 is 3.06 bits per heavy atom. The molecule has 3 nitrogen and oxygen atoms in total. The van der Waals surface area contributed by atoms with Gasteiger partial charge in [0.25, 0.3) is 0 Å². The third-order valence-electron chi connectivity index (χ3n) is 2.49. The van der Waals surface area contributed by atoms with Crippen LogP contribution in [0.25, 0.3) is 6.08 Å². The first-order valence-electron chi connectivity index (χ1n) is 5.50. The average molecular weight is 217 g/mol. The maximum atomic E-state index is 11.6. The first kappa shape index (κ1) is 10.7. The minimum Gasteiger partial charge on any atom is -0.449 e. The second kappa shape index (κ2) is 4.84. The van der Waals surface area contributed by atoms with Gasteiger partial charge in [0.15, 0.2) is 0 Å². The van der Waals surface area contributed by atoms with Gasteiger partial charge in [0.1, 0.15) is 0 Å². The van der Waals surface area contributed by atoms with Gasteiger partial charge in [-0.05, 0) is 23.6 Å². The van der Waals surface area contributed by atoms with Crippen LogP contribution in [0.1, 0.15) is 24.5 Å². The fourth-order valence-electron chi connectivity index (χ4n) is 1.64. The average Bonchev–Trinajstić information content (AvgIpc) is 2.35. The van der Waals surface area contributed by atoms with Crippen LogP contribution in [0.15, 0.2) is 30.5 Å². The van der Waals surface area contributed by atoms with Crippen LogP contribution in [0.5, 0.6) is 0 Å². The molecule has 1 aliphatic heterocycles. The van der Waals surface area contributed by atoms with Gasteiger partial charge >= 0.3 is 6.09 Å². The van der Waals surface area contributed by atoms with Gasteiger partial charge in [0.05, 0.1) is 13.2 Å². The van der Waals surface area contributed by atoms with E-state index in [-0.39, 0.29) is 6.09 Å². The number of nitrogens with zero attached hydrogens (tertiary/aromatic N) is 1. The molecule has 0 saturated heterocycles. The third-order valence-corrected chi connectivity index (χ3v) is 2.49. The third kappa shape index (κ3) is 2.24. The molecular formula is C13H15NO2. The van der Waals surface area contributed by atoms with E-state index in [4.69, 9.17) is 4.74 Å². The van der Waals surface area contributed by atoms with Crippen LogP contribution in [-0.2, 0) is 11.3 Å². The molecular weight excluding hydrogens is 202 g/mol. The zero-order valence-corrected chi connectivity index (χ0v) is 9.35. The van der Waals surface area contributed by atoms with E-state index in [2.05, 4.69) is 0 Å². The molecule has 0 bridgehead atoms. The molecule has 84 valence electrons. The molecule has 0 saturated carbocycles. The van der Waals surface area contributed by atoms with Crippen LogP contribution in [0, 0.1) is 0 Å². The number of hydrogen-bond acceptors (Lipinski definition) is 2. The van der Waals surface area contributed by atoms with E-state index in [1.54, 1.807) is 11.1 Å². The lowest BCUT2D eigenvalue weighted by molar-refractivity contribution is 0.115. The Hall–Kier alpha value is -1.77. The molecule has 0 radical (unpaired) electrons. The molecule has 0 fully saturated rings. The van der Waals surface area contributed by atoms with Gasteiger partial charge in [0.2, 0.25) is 0 Å². The van der Waals surface area contributed by atoms with Crippen molar-refractivity contribution in [3.05, 3.63) is 41.6 Å². The number of hydrogen-bond donors (Lipinski definition) is 0. The SMILES string of the molecule is CCCOC(=O)N1C=Cc2ccccc2C1. The summed E-state index contributed by atoms with van der Waals surface area (Å²) in [6.45, 7) is 3.05. The maximum Gasteiger partial charge on any atom is 0.414 e. The number of carbonyl (C=O) groups is 1. The monoisotopic (exact) mass is 217 g/mol. The van der Waals surface area contributed by atoms with Gasteiger partial charge in [0, 0.05) is 6.20 Å². The molecule has 16 heavy (non-hydrogen) atoms. The maximum absolute atomic E-state index is 11.6. The van der Waals surface area contributed by atoms with Crippen molar-refractivity contribution in [2.24, 2.45) is 0 Å². The standard InChI is InChI=1S/C13H15NO2/c1-2-9-16-13(15)14-8-7-11-5-3-4-6-12(11)10-14/h3-8H,2,9-10H2,1H3. The molecule has 0 aromatic heterocycles. The molecule has 0 spiro atoms. The van der Waals surface area contributed by atoms with Crippen molar-refractivity contribution < 1.29 is 9.53 Å². The van der Waals surface area contributed by atoms with Crippen molar-refractivity contribution in [3.63, 3.8) is 0 Å². The number of benzene rings is 1. The Bertz CT molecular complexity index is 412.